The molecule has 0 saturated heterocycles. The topological polar surface area (TPSA) is 41.1 Å². The normalized spacial score (nSPS) is 17.6. The van der Waals surface area contributed by atoms with Crippen molar-refractivity contribution in [2.75, 3.05) is 23.3 Å². The third-order valence-corrected chi connectivity index (χ3v) is 4.59. The molecule has 2 aromatic rings. The zero-order valence-corrected chi connectivity index (χ0v) is 13.5. The summed E-state index contributed by atoms with van der Waals surface area (Å²) in [4.78, 5) is 2.44. The number of anilines is 2. The Kier molecular flexibility index (Phi) is 4.39. The Morgan fingerprint density at radius 3 is 3.10 bits per heavy atom. The summed E-state index contributed by atoms with van der Waals surface area (Å²) >= 11 is 1.46. The van der Waals surface area contributed by atoms with Gasteiger partial charge in [0.05, 0.1) is 6.54 Å². The van der Waals surface area contributed by atoms with Crippen molar-refractivity contribution in [3.8, 4) is 0 Å². The molecule has 1 aromatic carbocycles. The van der Waals surface area contributed by atoms with E-state index in [1.807, 2.05) is 0 Å². The Morgan fingerprint density at radius 1 is 1.38 bits per heavy atom. The molecule has 0 fully saturated rings. The molecule has 0 spiro atoms. The van der Waals surface area contributed by atoms with Gasteiger partial charge in [0.25, 0.3) is 0 Å². The van der Waals surface area contributed by atoms with E-state index in [1.54, 1.807) is 0 Å². The van der Waals surface area contributed by atoms with Gasteiger partial charge in [-0.05, 0) is 30.4 Å². The molecule has 3 rings (SSSR count). The van der Waals surface area contributed by atoms with Gasteiger partial charge in [-0.3, -0.25) is 0 Å². The average molecular weight is 302 g/mol. The van der Waals surface area contributed by atoms with Gasteiger partial charge in [0, 0.05) is 30.3 Å². The van der Waals surface area contributed by atoms with Crippen LogP contribution in [0.2, 0.25) is 0 Å². The number of hydrogen-bond acceptors (Lipinski definition) is 5. The van der Waals surface area contributed by atoms with Gasteiger partial charge in [-0.2, -0.15) is 0 Å². The van der Waals surface area contributed by atoms with E-state index in [1.165, 1.54) is 29.2 Å². The minimum Gasteiger partial charge on any atom is -0.374 e. The summed E-state index contributed by atoms with van der Waals surface area (Å²) in [5.41, 5.74) is 3.87. The van der Waals surface area contributed by atoms with Crippen molar-refractivity contribution in [3.63, 3.8) is 0 Å². The number of nitrogens with zero attached hydrogens (tertiary/aromatic N) is 3. The predicted octanol–water partition coefficient (Wildman–Crippen LogP) is 3.56. The third kappa shape index (κ3) is 3.18. The second kappa shape index (κ2) is 6.43. The van der Waals surface area contributed by atoms with Crippen LogP contribution in [-0.2, 0) is 13.0 Å². The molecular weight excluding hydrogens is 280 g/mol. The van der Waals surface area contributed by atoms with Crippen LogP contribution in [0.25, 0.3) is 0 Å². The molecule has 21 heavy (non-hydrogen) atoms. The molecule has 1 unspecified atom stereocenters. The zero-order chi connectivity index (χ0) is 14.7. The van der Waals surface area contributed by atoms with Crippen molar-refractivity contribution < 1.29 is 0 Å². The van der Waals surface area contributed by atoms with Gasteiger partial charge in [-0.1, -0.05) is 36.5 Å². The van der Waals surface area contributed by atoms with E-state index in [4.69, 9.17) is 0 Å². The van der Waals surface area contributed by atoms with Gasteiger partial charge in [0.1, 0.15) is 10.7 Å². The molecule has 0 bridgehead atoms. The molecule has 0 radical (unpaired) electrons. The Labute approximate surface area is 130 Å². The highest BCUT2D eigenvalue weighted by molar-refractivity contribution is 7.10. The van der Waals surface area contributed by atoms with Gasteiger partial charge < -0.3 is 10.2 Å². The average Bonchev–Trinajstić information content (AvgIpc) is 2.92. The molecule has 1 aliphatic rings. The lowest BCUT2D eigenvalue weighted by atomic mass is 9.94. The Morgan fingerprint density at radius 2 is 2.24 bits per heavy atom. The maximum Gasteiger partial charge on any atom is 0.135 e. The molecule has 5 heteroatoms. The van der Waals surface area contributed by atoms with Crippen LogP contribution in [0.5, 0.6) is 0 Å². The number of para-hydroxylation sites is 1. The molecule has 0 saturated carbocycles. The number of aromatic nitrogens is 2. The van der Waals surface area contributed by atoms with Gasteiger partial charge in [-0.15, -0.1) is 5.10 Å². The molecule has 1 atom stereocenters. The molecule has 1 aliphatic heterocycles. The molecular formula is C16H22N4S. The van der Waals surface area contributed by atoms with Gasteiger partial charge in [0.2, 0.25) is 0 Å². The van der Waals surface area contributed by atoms with E-state index in [0.717, 1.165) is 36.8 Å². The molecule has 112 valence electrons. The summed E-state index contributed by atoms with van der Waals surface area (Å²) in [7, 11) is 0. The lowest BCUT2D eigenvalue weighted by Gasteiger charge is -2.34. The lowest BCUT2D eigenvalue weighted by Crippen LogP contribution is -2.34. The van der Waals surface area contributed by atoms with Crippen LogP contribution >= 0.6 is 11.5 Å². The fourth-order valence-corrected chi connectivity index (χ4v) is 3.52. The highest BCUT2D eigenvalue weighted by atomic mass is 32.1. The van der Waals surface area contributed by atoms with Crippen molar-refractivity contribution >= 4 is 22.2 Å². The fourth-order valence-electron chi connectivity index (χ4n) is 2.92. The van der Waals surface area contributed by atoms with Crippen LogP contribution in [-0.4, -0.2) is 22.7 Å². The van der Waals surface area contributed by atoms with Crippen molar-refractivity contribution in [1.82, 2.24) is 9.59 Å². The fraction of sp³-hybridized carbons (Fsp3) is 0.500. The van der Waals surface area contributed by atoms with Crippen molar-refractivity contribution in [3.05, 3.63) is 35.5 Å². The summed E-state index contributed by atoms with van der Waals surface area (Å²) < 4.78 is 4.12. The van der Waals surface area contributed by atoms with Crippen LogP contribution in [0.4, 0.5) is 10.7 Å². The number of nitrogens with one attached hydrogen (secondary N) is 1. The molecule has 2 heterocycles. The number of hydrogen-bond donors (Lipinski definition) is 1. The van der Waals surface area contributed by atoms with Crippen LogP contribution < -0.4 is 10.2 Å². The maximum atomic E-state index is 4.33. The van der Waals surface area contributed by atoms with Crippen LogP contribution in [0, 0.1) is 5.92 Å². The minimum atomic E-state index is 0.679. The van der Waals surface area contributed by atoms with E-state index in [9.17, 15) is 0 Å². The van der Waals surface area contributed by atoms with Crippen molar-refractivity contribution in [2.24, 2.45) is 5.92 Å². The van der Waals surface area contributed by atoms with Crippen molar-refractivity contribution in [2.45, 2.75) is 33.2 Å². The van der Waals surface area contributed by atoms with E-state index in [2.05, 4.69) is 57.9 Å². The molecule has 0 aliphatic carbocycles. The standard InChI is InChI=1S/C16H22N4S/c1-3-8-17-16-14(18-19-21-16)11-20-10-12(2)9-13-6-4-5-7-15(13)20/h4-7,12,17H,3,8-11H2,1-2H3. The van der Waals surface area contributed by atoms with Gasteiger partial charge in [-0.25, -0.2) is 0 Å². The first-order chi connectivity index (χ1) is 10.3. The summed E-state index contributed by atoms with van der Waals surface area (Å²) in [5.74, 6) is 0.679. The molecule has 0 amide bonds. The molecule has 1 N–H and O–H groups in total. The van der Waals surface area contributed by atoms with Crippen LogP contribution in [0.1, 0.15) is 31.5 Å². The van der Waals surface area contributed by atoms with Crippen molar-refractivity contribution in [1.29, 1.82) is 0 Å². The van der Waals surface area contributed by atoms with E-state index in [-0.39, 0.29) is 0 Å². The highest BCUT2D eigenvalue weighted by Gasteiger charge is 2.23. The Hall–Kier alpha value is -1.62. The van der Waals surface area contributed by atoms with Crippen LogP contribution in [0.15, 0.2) is 24.3 Å². The Bertz CT molecular complexity index is 595. The lowest BCUT2D eigenvalue weighted by molar-refractivity contribution is 0.528. The number of fused-ring (bicyclic) bond motifs is 1. The second-order valence-electron chi connectivity index (χ2n) is 5.79. The van der Waals surface area contributed by atoms with E-state index in [0.29, 0.717) is 5.92 Å². The largest absolute Gasteiger partial charge is 0.374 e. The smallest absolute Gasteiger partial charge is 0.135 e. The molecule has 4 nitrogen and oxygen atoms in total. The highest BCUT2D eigenvalue weighted by Crippen LogP contribution is 2.31. The first kappa shape index (κ1) is 14.3. The Balaban J connectivity index is 1.80. The second-order valence-corrected chi connectivity index (χ2v) is 6.55. The van der Waals surface area contributed by atoms with E-state index >= 15 is 0 Å². The van der Waals surface area contributed by atoms with Gasteiger partial charge >= 0.3 is 0 Å². The summed E-state index contributed by atoms with van der Waals surface area (Å²) in [6, 6.07) is 8.72. The van der Waals surface area contributed by atoms with Crippen LogP contribution in [0.3, 0.4) is 0 Å². The monoisotopic (exact) mass is 302 g/mol. The minimum absolute atomic E-state index is 0.679. The number of benzene rings is 1. The summed E-state index contributed by atoms with van der Waals surface area (Å²) in [6.45, 7) is 7.39. The maximum absolute atomic E-state index is 4.33. The summed E-state index contributed by atoms with van der Waals surface area (Å²) in [6.07, 6.45) is 2.28. The summed E-state index contributed by atoms with van der Waals surface area (Å²) in [5, 5.41) is 8.88. The zero-order valence-electron chi connectivity index (χ0n) is 12.7. The quantitative estimate of drug-likeness (QED) is 0.917. The third-order valence-electron chi connectivity index (χ3n) is 3.86. The molecule has 1 aromatic heterocycles. The van der Waals surface area contributed by atoms with E-state index < -0.39 is 0 Å². The first-order valence-electron chi connectivity index (χ1n) is 7.66. The first-order valence-corrected chi connectivity index (χ1v) is 8.43. The number of rotatable bonds is 5. The SMILES string of the molecule is CCCNc1snnc1CN1CC(C)Cc2ccccc21. The van der Waals surface area contributed by atoms with Gasteiger partial charge in [0.15, 0.2) is 0 Å². The predicted molar refractivity (Wildman–Crippen MR) is 89.0 cm³/mol.